The zero-order valence-corrected chi connectivity index (χ0v) is 16.2. The van der Waals surface area contributed by atoms with E-state index in [0.717, 1.165) is 38.4 Å². The molecule has 0 fully saturated rings. The highest BCUT2D eigenvalue weighted by molar-refractivity contribution is 6.11. The number of hydrogen-bond acceptors (Lipinski definition) is 3. The maximum Gasteiger partial charge on any atom is 0.124 e. The van der Waals surface area contributed by atoms with E-state index >= 15 is 0 Å². The number of nitrogens with zero attached hydrogens (tertiary/aromatic N) is 1. The van der Waals surface area contributed by atoms with Gasteiger partial charge in [-0.2, -0.15) is 0 Å². The average molecular weight is 389 g/mol. The van der Waals surface area contributed by atoms with Crippen LogP contribution < -0.4 is 0 Å². The largest absolute Gasteiger partial charge is 0.507 e. The van der Waals surface area contributed by atoms with Crippen LogP contribution in [0.3, 0.4) is 0 Å². The van der Waals surface area contributed by atoms with E-state index in [0.29, 0.717) is 5.56 Å². The molecule has 0 spiro atoms. The molecule has 3 nitrogen and oxygen atoms in total. The fourth-order valence-electron chi connectivity index (χ4n) is 3.89. The minimum atomic E-state index is 0.177. The Labute approximate surface area is 174 Å². The Morgan fingerprint density at radius 2 is 1.13 bits per heavy atom. The summed E-state index contributed by atoms with van der Waals surface area (Å²) < 4.78 is 0. The van der Waals surface area contributed by atoms with Crippen molar-refractivity contribution in [3.05, 3.63) is 103 Å². The summed E-state index contributed by atoms with van der Waals surface area (Å²) in [5.41, 5.74) is 2.99. The molecule has 0 aromatic heterocycles. The van der Waals surface area contributed by atoms with Crippen LogP contribution in [0.25, 0.3) is 32.7 Å². The third-order valence-electron chi connectivity index (χ3n) is 5.34. The first-order chi connectivity index (χ1) is 14.7. The van der Waals surface area contributed by atoms with Gasteiger partial charge in [-0.05, 0) is 45.8 Å². The predicted molar refractivity (Wildman–Crippen MR) is 124 cm³/mol. The summed E-state index contributed by atoms with van der Waals surface area (Å²) in [7, 11) is 0. The zero-order valence-electron chi connectivity index (χ0n) is 16.2. The lowest BCUT2D eigenvalue weighted by Gasteiger charge is -2.15. The van der Waals surface area contributed by atoms with Crippen molar-refractivity contribution in [3.63, 3.8) is 0 Å². The number of aromatic hydroxyl groups is 2. The SMILES string of the molecule is Oc1ccccc1/C=N/c1ccc2ccccc2c1-c1c(O)ccc2ccccc12. The molecule has 0 aliphatic rings. The predicted octanol–water partition coefficient (Wildman–Crippen LogP) is 6.82. The number of hydrogen-bond donors (Lipinski definition) is 2. The number of benzene rings is 5. The van der Waals surface area contributed by atoms with Crippen LogP contribution in [0.15, 0.2) is 102 Å². The number of fused-ring (bicyclic) bond motifs is 2. The second-order valence-corrected chi connectivity index (χ2v) is 7.18. The molecule has 0 aliphatic heterocycles. The highest BCUT2D eigenvalue weighted by atomic mass is 16.3. The minimum Gasteiger partial charge on any atom is -0.507 e. The lowest BCUT2D eigenvalue weighted by Crippen LogP contribution is -1.88. The van der Waals surface area contributed by atoms with Crippen LogP contribution >= 0.6 is 0 Å². The summed E-state index contributed by atoms with van der Waals surface area (Å²) in [4.78, 5) is 4.72. The number of phenolic OH excluding ortho intramolecular Hbond substituents is 2. The minimum absolute atomic E-state index is 0.177. The highest BCUT2D eigenvalue weighted by Crippen LogP contribution is 2.44. The monoisotopic (exact) mass is 389 g/mol. The fraction of sp³-hybridized carbons (Fsp3) is 0. The van der Waals surface area contributed by atoms with Crippen molar-refractivity contribution < 1.29 is 10.2 Å². The van der Waals surface area contributed by atoms with E-state index in [2.05, 4.69) is 6.07 Å². The Morgan fingerprint density at radius 3 is 1.87 bits per heavy atom. The molecule has 2 N–H and O–H groups in total. The molecule has 0 radical (unpaired) electrons. The van der Waals surface area contributed by atoms with E-state index in [-0.39, 0.29) is 11.5 Å². The molecule has 0 aliphatic carbocycles. The maximum absolute atomic E-state index is 10.9. The third kappa shape index (κ3) is 3.07. The molecule has 0 atom stereocenters. The van der Waals surface area contributed by atoms with Crippen LogP contribution in [-0.4, -0.2) is 16.4 Å². The Balaban J connectivity index is 1.83. The quantitative estimate of drug-likeness (QED) is 0.333. The first-order valence-corrected chi connectivity index (χ1v) is 9.77. The number of aliphatic imine (C=N–C) groups is 1. The van der Waals surface area contributed by atoms with Gasteiger partial charge in [-0.1, -0.05) is 72.8 Å². The lowest BCUT2D eigenvalue weighted by atomic mass is 9.92. The summed E-state index contributed by atoms with van der Waals surface area (Å²) in [5.74, 6) is 0.389. The van der Waals surface area contributed by atoms with Gasteiger partial charge in [-0.3, -0.25) is 4.99 Å². The molecule has 144 valence electrons. The van der Waals surface area contributed by atoms with E-state index in [1.165, 1.54) is 0 Å². The summed E-state index contributed by atoms with van der Waals surface area (Å²) in [6.45, 7) is 0. The molecule has 30 heavy (non-hydrogen) atoms. The molecule has 5 aromatic rings. The summed E-state index contributed by atoms with van der Waals surface area (Å²) >= 11 is 0. The first kappa shape index (κ1) is 18.0. The molecule has 5 rings (SSSR count). The van der Waals surface area contributed by atoms with Crippen LogP contribution in [-0.2, 0) is 0 Å². The number of para-hydroxylation sites is 1. The second-order valence-electron chi connectivity index (χ2n) is 7.18. The van der Waals surface area contributed by atoms with Gasteiger partial charge in [-0.15, -0.1) is 0 Å². The summed E-state index contributed by atoms with van der Waals surface area (Å²) in [6, 6.07) is 30.8. The Morgan fingerprint density at radius 1 is 0.533 bits per heavy atom. The Hall–Kier alpha value is -4.11. The van der Waals surface area contributed by atoms with Gasteiger partial charge in [-0.25, -0.2) is 0 Å². The standard InChI is InChI=1S/C27H19NO2/c29-24-12-6-3-9-20(24)17-28-23-15-13-18-7-1-4-10-21(18)26(23)27-22-11-5-2-8-19(22)14-16-25(27)30/h1-17,29-30H/b28-17+. The smallest absolute Gasteiger partial charge is 0.124 e. The molecule has 0 amide bonds. The molecule has 5 aromatic carbocycles. The number of phenols is 2. The van der Waals surface area contributed by atoms with Crippen LogP contribution in [0.2, 0.25) is 0 Å². The van der Waals surface area contributed by atoms with Crippen molar-refractivity contribution in [1.82, 2.24) is 0 Å². The van der Waals surface area contributed by atoms with E-state index in [4.69, 9.17) is 4.99 Å². The molecule has 0 heterocycles. The summed E-state index contributed by atoms with van der Waals surface area (Å²) in [6.07, 6.45) is 1.66. The van der Waals surface area contributed by atoms with E-state index in [1.807, 2.05) is 72.8 Å². The normalized spacial score (nSPS) is 11.5. The molecule has 0 saturated heterocycles. The van der Waals surface area contributed by atoms with E-state index in [9.17, 15) is 10.2 Å². The average Bonchev–Trinajstić information content (AvgIpc) is 2.78. The van der Waals surface area contributed by atoms with Crippen molar-refractivity contribution in [2.24, 2.45) is 4.99 Å². The van der Waals surface area contributed by atoms with Gasteiger partial charge in [0, 0.05) is 22.9 Å². The highest BCUT2D eigenvalue weighted by Gasteiger charge is 2.16. The van der Waals surface area contributed by atoms with Gasteiger partial charge in [0.15, 0.2) is 0 Å². The Bertz CT molecular complexity index is 1420. The van der Waals surface area contributed by atoms with E-state index in [1.54, 1.807) is 24.4 Å². The van der Waals surface area contributed by atoms with Crippen LogP contribution in [0.1, 0.15) is 5.56 Å². The number of rotatable bonds is 3. The van der Waals surface area contributed by atoms with Crippen molar-refractivity contribution in [3.8, 4) is 22.6 Å². The lowest BCUT2D eigenvalue weighted by molar-refractivity contribution is 0.474. The van der Waals surface area contributed by atoms with Crippen molar-refractivity contribution >= 4 is 33.4 Å². The van der Waals surface area contributed by atoms with E-state index < -0.39 is 0 Å². The van der Waals surface area contributed by atoms with Gasteiger partial charge in [0.25, 0.3) is 0 Å². The van der Waals surface area contributed by atoms with Gasteiger partial charge in [0.05, 0.1) is 5.69 Å². The van der Waals surface area contributed by atoms with Gasteiger partial charge in [0.2, 0.25) is 0 Å². The second kappa shape index (κ2) is 7.37. The van der Waals surface area contributed by atoms with Gasteiger partial charge in [0.1, 0.15) is 11.5 Å². The van der Waals surface area contributed by atoms with Crippen LogP contribution in [0, 0.1) is 0 Å². The van der Waals surface area contributed by atoms with Crippen molar-refractivity contribution in [2.75, 3.05) is 0 Å². The Kier molecular flexibility index (Phi) is 4.41. The molecule has 0 saturated carbocycles. The molecule has 0 unspecified atom stereocenters. The molecule has 0 bridgehead atoms. The molecular weight excluding hydrogens is 370 g/mol. The van der Waals surface area contributed by atoms with Gasteiger partial charge >= 0.3 is 0 Å². The van der Waals surface area contributed by atoms with Crippen LogP contribution in [0.5, 0.6) is 11.5 Å². The van der Waals surface area contributed by atoms with Crippen LogP contribution in [0.4, 0.5) is 5.69 Å². The topological polar surface area (TPSA) is 52.8 Å². The maximum atomic E-state index is 10.9. The zero-order chi connectivity index (χ0) is 20.5. The van der Waals surface area contributed by atoms with Crippen molar-refractivity contribution in [1.29, 1.82) is 0 Å². The van der Waals surface area contributed by atoms with Gasteiger partial charge < -0.3 is 10.2 Å². The molecular formula is C27H19NO2. The summed E-state index contributed by atoms with van der Waals surface area (Å²) in [5, 5.41) is 25.1. The first-order valence-electron chi connectivity index (χ1n) is 9.77. The molecule has 3 heteroatoms. The van der Waals surface area contributed by atoms with Crippen molar-refractivity contribution in [2.45, 2.75) is 0 Å². The third-order valence-corrected chi connectivity index (χ3v) is 5.34. The fourth-order valence-corrected chi connectivity index (χ4v) is 3.89.